The van der Waals surface area contributed by atoms with E-state index in [1.54, 1.807) is 27.1 Å². The number of aliphatic imine (C=N–C) groups is 1. The first-order valence-electron chi connectivity index (χ1n) is 8.22. The first-order chi connectivity index (χ1) is 11.0. The van der Waals surface area contributed by atoms with Crippen molar-refractivity contribution in [2.45, 2.75) is 39.2 Å². The molecule has 1 aliphatic carbocycles. The summed E-state index contributed by atoms with van der Waals surface area (Å²) in [6.07, 6.45) is 3.55. The van der Waals surface area contributed by atoms with Crippen LogP contribution in [0.1, 0.15) is 43.4 Å². The highest BCUT2D eigenvalue weighted by molar-refractivity contribution is 5.80. The van der Waals surface area contributed by atoms with Crippen molar-refractivity contribution in [3.05, 3.63) is 35.1 Å². The zero-order valence-corrected chi connectivity index (χ0v) is 14.6. The van der Waals surface area contributed by atoms with Gasteiger partial charge in [0.2, 0.25) is 0 Å². The summed E-state index contributed by atoms with van der Waals surface area (Å²) in [6, 6.07) is 5.33. The molecule has 5 heteroatoms. The third-order valence-electron chi connectivity index (χ3n) is 4.70. The molecule has 23 heavy (non-hydrogen) atoms. The maximum atomic E-state index is 13.7. The van der Waals surface area contributed by atoms with Crippen LogP contribution in [-0.2, 0) is 4.74 Å². The van der Waals surface area contributed by atoms with Crippen LogP contribution in [0.3, 0.4) is 0 Å². The fraction of sp³-hybridized carbons (Fsp3) is 0.611. The molecule has 0 heterocycles. The Kier molecular flexibility index (Phi) is 5.99. The first-order valence-corrected chi connectivity index (χ1v) is 8.22. The normalized spacial score (nSPS) is 17.7. The van der Waals surface area contributed by atoms with Gasteiger partial charge in [-0.25, -0.2) is 4.39 Å². The molecule has 0 saturated heterocycles. The highest BCUT2D eigenvalue weighted by atomic mass is 19.1. The van der Waals surface area contributed by atoms with Crippen LogP contribution in [0, 0.1) is 18.2 Å². The highest BCUT2D eigenvalue weighted by Gasteiger charge is 2.41. The number of hydrogen-bond acceptors (Lipinski definition) is 2. The van der Waals surface area contributed by atoms with E-state index >= 15 is 0 Å². The molecule has 1 aliphatic rings. The molecule has 0 radical (unpaired) electrons. The van der Waals surface area contributed by atoms with Crippen LogP contribution in [-0.4, -0.2) is 33.3 Å². The van der Waals surface area contributed by atoms with Gasteiger partial charge in [-0.3, -0.25) is 4.99 Å². The Balaban J connectivity index is 1.88. The SMILES string of the molecule is CN=C(NCC1(CCOC)CC1)NC(C)c1ccc(C)c(F)c1. The molecule has 1 aromatic rings. The predicted molar refractivity (Wildman–Crippen MR) is 92.2 cm³/mol. The first kappa shape index (κ1) is 17.7. The summed E-state index contributed by atoms with van der Waals surface area (Å²) in [4.78, 5) is 4.27. The fourth-order valence-corrected chi connectivity index (χ4v) is 2.64. The van der Waals surface area contributed by atoms with Crippen molar-refractivity contribution in [1.29, 1.82) is 0 Å². The molecule has 0 spiro atoms. The summed E-state index contributed by atoms with van der Waals surface area (Å²) in [5, 5.41) is 6.72. The third-order valence-corrected chi connectivity index (χ3v) is 4.70. The van der Waals surface area contributed by atoms with Crippen LogP contribution in [0.4, 0.5) is 4.39 Å². The maximum absolute atomic E-state index is 13.7. The average molecular weight is 321 g/mol. The molecule has 0 amide bonds. The zero-order valence-electron chi connectivity index (χ0n) is 14.6. The van der Waals surface area contributed by atoms with Crippen molar-refractivity contribution in [3.63, 3.8) is 0 Å². The smallest absolute Gasteiger partial charge is 0.191 e. The Morgan fingerprint density at radius 3 is 2.74 bits per heavy atom. The second-order valence-electron chi connectivity index (χ2n) is 6.54. The summed E-state index contributed by atoms with van der Waals surface area (Å²) in [5.74, 6) is 0.581. The van der Waals surface area contributed by atoms with Gasteiger partial charge in [-0.05, 0) is 55.7 Å². The van der Waals surface area contributed by atoms with Crippen LogP contribution in [0.15, 0.2) is 23.2 Å². The number of nitrogens with zero attached hydrogens (tertiary/aromatic N) is 1. The topological polar surface area (TPSA) is 45.7 Å². The lowest BCUT2D eigenvalue weighted by Crippen LogP contribution is -2.41. The number of benzene rings is 1. The van der Waals surface area contributed by atoms with E-state index in [0.717, 1.165) is 31.1 Å². The van der Waals surface area contributed by atoms with Crippen molar-refractivity contribution in [2.24, 2.45) is 10.4 Å². The standard InChI is InChI=1S/C18H28FN3O/c1-13-5-6-15(11-16(13)19)14(2)22-17(20-3)21-12-18(7-8-18)9-10-23-4/h5-6,11,14H,7-10,12H2,1-4H3,(H2,20,21,22). The van der Waals surface area contributed by atoms with E-state index in [1.165, 1.54) is 12.8 Å². The molecular formula is C18H28FN3O. The Morgan fingerprint density at radius 1 is 1.43 bits per heavy atom. The van der Waals surface area contributed by atoms with E-state index in [0.29, 0.717) is 11.0 Å². The fourth-order valence-electron chi connectivity index (χ4n) is 2.64. The van der Waals surface area contributed by atoms with Gasteiger partial charge in [0.25, 0.3) is 0 Å². The molecule has 1 unspecified atom stereocenters. The Bertz CT molecular complexity index is 555. The molecule has 128 valence electrons. The van der Waals surface area contributed by atoms with Gasteiger partial charge in [-0.1, -0.05) is 12.1 Å². The van der Waals surface area contributed by atoms with Gasteiger partial charge in [0.05, 0.1) is 6.04 Å². The van der Waals surface area contributed by atoms with Crippen molar-refractivity contribution < 1.29 is 9.13 Å². The van der Waals surface area contributed by atoms with Crippen molar-refractivity contribution in [2.75, 3.05) is 27.3 Å². The number of halogens is 1. The Morgan fingerprint density at radius 2 is 2.17 bits per heavy atom. The van der Waals surface area contributed by atoms with Crippen LogP contribution in [0.25, 0.3) is 0 Å². The van der Waals surface area contributed by atoms with Gasteiger partial charge in [0.1, 0.15) is 5.82 Å². The molecule has 4 nitrogen and oxygen atoms in total. The zero-order chi connectivity index (χ0) is 16.9. The lowest BCUT2D eigenvalue weighted by Gasteiger charge is -2.21. The summed E-state index contributed by atoms with van der Waals surface area (Å²) in [7, 11) is 3.50. The molecule has 0 aliphatic heterocycles. The number of aryl methyl sites for hydroxylation is 1. The van der Waals surface area contributed by atoms with Crippen LogP contribution in [0.2, 0.25) is 0 Å². The van der Waals surface area contributed by atoms with E-state index in [1.807, 2.05) is 19.1 Å². The number of rotatable bonds is 7. The van der Waals surface area contributed by atoms with Gasteiger partial charge in [-0.15, -0.1) is 0 Å². The molecule has 1 saturated carbocycles. The van der Waals surface area contributed by atoms with E-state index < -0.39 is 0 Å². The van der Waals surface area contributed by atoms with Gasteiger partial charge in [-0.2, -0.15) is 0 Å². The van der Waals surface area contributed by atoms with Gasteiger partial charge < -0.3 is 15.4 Å². The van der Waals surface area contributed by atoms with E-state index in [2.05, 4.69) is 15.6 Å². The minimum Gasteiger partial charge on any atom is -0.385 e. The number of guanidine groups is 1. The molecule has 0 aromatic heterocycles. The third kappa shape index (κ3) is 4.93. The largest absolute Gasteiger partial charge is 0.385 e. The number of methoxy groups -OCH3 is 1. The van der Waals surface area contributed by atoms with E-state index in [9.17, 15) is 4.39 Å². The van der Waals surface area contributed by atoms with Gasteiger partial charge >= 0.3 is 0 Å². The van der Waals surface area contributed by atoms with E-state index in [4.69, 9.17) is 4.74 Å². The number of hydrogen-bond donors (Lipinski definition) is 2. The molecular weight excluding hydrogens is 293 g/mol. The van der Waals surface area contributed by atoms with Crippen molar-refractivity contribution in [1.82, 2.24) is 10.6 Å². The van der Waals surface area contributed by atoms with E-state index in [-0.39, 0.29) is 11.9 Å². The summed E-state index contributed by atoms with van der Waals surface area (Å²) < 4.78 is 18.9. The minimum absolute atomic E-state index is 0.00886. The minimum atomic E-state index is -0.171. The summed E-state index contributed by atoms with van der Waals surface area (Å²) >= 11 is 0. The van der Waals surface area contributed by atoms with Crippen molar-refractivity contribution in [3.8, 4) is 0 Å². The molecule has 1 atom stereocenters. The molecule has 2 rings (SSSR count). The van der Waals surface area contributed by atoms with Gasteiger partial charge in [0.15, 0.2) is 5.96 Å². The lowest BCUT2D eigenvalue weighted by molar-refractivity contribution is 0.172. The monoisotopic (exact) mass is 321 g/mol. The molecule has 1 fully saturated rings. The van der Waals surface area contributed by atoms with Crippen LogP contribution in [0.5, 0.6) is 0 Å². The second kappa shape index (κ2) is 7.77. The molecule has 0 bridgehead atoms. The number of ether oxygens (including phenoxy) is 1. The van der Waals surface area contributed by atoms with Crippen LogP contribution >= 0.6 is 0 Å². The predicted octanol–water partition coefficient (Wildman–Crippen LogP) is 3.18. The summed E-state index contributed by atoms with van der Waals surface area (Å²) in [6.45, 7) is 5.47. The maximum Gasteiger partial charge on any atom is 0.191 e. The van der Waals surface area contributed by atoms with Crippen LogP contribution < -0.4 is 10.6 Å². The second-order valence-corrected chi connectivity index (χ2v) is 6.54. The van der Waals surface area contributed by atoms with Gasteiger partial charge in [0, 0.05) is 27.3 Å². The molecule has 2 N–H and O–H groups in total. The Labute approximate surface area is 138 Å². The van der Waals surface area contributed by atoms with Crippen molar-refractivity contribution >= 4 is 5.96 Å². The summed E-state index contributed by atoms with van der Waals surface area (Å²) in [5.41, 5.74) is 1.93. The lowest BCUT2D eigenvalue weighted by atomic mass is 10.0. The average Bonchev–Trinajstić information content (AvgIpc) is 3.32. The number of nitrogens with one attached hydrogen (secondary N) is 2. The highest BCUT2D eigenvalue weighted by Crippen LogP contribution is 2.48. The molecule has 1 aromatic carbocycles. The Hall–Kier alpha value is -1.62. The quantitative estimate of drug-likeness (QED) is 0.599.